The van der Waals surface area contributed by atoms with Crippen LogP contribution in [0.25, 0.3) is 0 Å². The first-order valence-electron chi connectivity index (χ1n) is 3.74. The Morgan fingerprint density at radius 2 is 1.82 bits per heavy atom. The number of fused-ring (bicyclic) bond motifs is 1. The van der Waals surface area contributed by atoms with Crippen LogP contribution in [0.2, 0.25) is 0 Å². The van der Waals surface area contributed by atoms with E-state index in [2.05, 4.69) is 29.6 Å². The molecule has 0 aromatic heterocycles. The Hall–Kier alpha value is -0.0900. The Bertz CT molecular complexity index is 210. The fourth-order valence-corrected chi connectivity index (χ4v) is 1.42. The molecule has 0 aliphatic carbocycles. The number of nitrogens with one attached hydrogen (secondary N) is 1. The molecule has 0 amide bonds. The van der Waals surface area contributed by atoms with E-state index in [0.29, 0.717) is 0 Å². The average Bonchev–Trinajstić information content (AvgIpc) is 2.05. The van der Waals surface area contributed by atoms with E-state index in [4.69, 9.17) is 0 Å². The Kier molecular flexibility index (Phi) is 3.33. The summed E-state index contributed by atoms with van der Waals surface area (Å²) in [5.74, 6) is 0. The normalized spacial score (nSPS) is 14.9. The minimum Gasteiger partial charge on any atom is -0.312 e. The van der Waals surface area contributed by atoms with Gasteiger partial charge in [0.05, 0.1) is 0 Å². The predicted molar refractivity (Wildman–Crippen MR) is 57.3 cm³/mol. The zero-order chi connectivity index (χ0) is 6.81. The third-order valence-electron chi connectivity index (χ3n) is 2.00. The maximum absolute atomic E-state index is 3.34. The summed E-state index contributed by atoms with van der Waals surface area (Å²) in [4.78, 5) is 0. The van der Waals surface area contributed by atoms with Crippen molar-refractivity contribution < 1.29 is 0 Å². The smallest absolute Gasteiger partial charge is 0.0208 e. The van der Waals surface area contributed by atoms with E-state index < -0.39 is 0 Å². The topological polar surface area (TPSA) is 12.0 Å². The summed E-state index contributed by atoms with van der Waals surface area (Å²) in [7, 11) is 0. The SMILES string of the molecule is I.c1ccc2c(c1)CCNC2. The fraction of sp³-hybridized carbons (Fsp3) is 0.333. The molecule has 0 unspecified atom stereocenters. The molecule has 0 bridgehead atoms. The Labute approximate surface area is 84.2 Å². The van der Waals surface area contributed by atoms with Gasteiger partial charge in [-0.25, -0.2) is 0 Å². The fourth-order valence-electron chi connectivity index (χ4n) is 1.42. The maximum atomic E-state index is 3.34. The summed E-state index contributed by atoms with van der Waals surface area (Å²) < 4.78 is 0. The molecule has 1 heterocycles. The predicted octanol–water partition coefficient (Wildman–Crippen LogP) is 1.95. The van der Waals surface area contributed by atoms with Gasteiger partial charge in [0.1, 0.15) is 0 Å². The van der Waals surface area contributed by atoms with Crippen LogP contribution in [-0.2, 0) is 13.0 Å². The van der Waals surface area contributed by atoms with E-state index >= 15 is 0 Å². The van der Waals surface area contributed by atoms with Crippen molar-refractivity contribution in [2.75, 3.05) is 6.54 Å². The molecule has 0 saturated heterocycles. The molecule has 11 heavy (non-hydrogen) atoms. The van der Waals surface area contributed by atoms with E-state index in [1.54, 1.807) is 0 Å². The van der Waals surface area contributed by atoms with Crippen LogP contribution in [0.1, 0.15) is 11.1 Å². The number of benzene rings is 1. The summed E-state index contributed by atoms with van der Waals surface area (Å²) in [6, 6.07) is 8.63. The molecule has 1 N–H and O–H groups in total. The van der Waals surface area contributed by atoms with E-state index in [-0.39, 0.29) is 24.0 Å². The van der Waals surface area contributed by atoms with Crippen LogP contribution in [0.15, 0.2) is 24.3 Å². The number of hydrogen-bond donors (Lipinski definition) is 1. The summed E-state index contributed by atoms with van der Waals surface area (Å²) in [6.07, 6.45) is 1.19. The van der Waals surface area contributed by atoms with Gasteiger partial charge in [0.25, 0.3) is 0 Å². The lowest BCUT2D eigenvalue weighted by Gasteiger charge is -2.15. The Morgan fingerprint density at radius 1 is 1.09 bits per heavy atom. The van der Waals surface area contributed by atoms with Crippen molar-refractivity contribution >= 4 is 24.0 Å². The zero-order valence-corrected chi connectivity index (χ0v) is 8.67. The van der Waals surface area contributed by atoms with Crippen LogP contribution >= 0.6 is 24.0 Å². The Balaban J connectivity index is 0.000000605. The molecule has 1 aliphatic heterocycles. The van der Waals surface area contributed by atoms with Crippen LogP contribution in [0.3, 0.4) is 0 Å². The van der Waals surface area contributed by atoms with Gasteiger partial charge in [-0.2, -0.15) is 0 Å². The Morgan fingerprint density at radius 3 is 2.55 bits per heavy atom. The van der Waals surface area contributed by atoms with Gasteiger partial charge in [0.15, 0.2) is 0 Å². The van der Waals surface area contributed by atoms with E-state index in [0.717, 1.165) is 13.1 Å². The van der Waals surface area contributed by atoms with Gasteiger partial charge in [-0.1, -0.05) is 24.3 Å². The van der Waals surface area contributed by atoms with Crippen LogP contribution in [0, 0.1) is 0 Å². The zero-order valence-electron chi connectivity index (χ0n) is 6.34. The van der Waals surface area contributed by atoms with Crippen molar-refractivity contribution in [3.05, 3.63) is 35.4 Å². The summed E-state index contributed by atoms with van der Waals surface area (Å²) in [5.41, 5.74) is 2.98. The number of rotatable bonds is 0. The lowest BCUT2D eigenvalue weighted by molar-refractivity contribution is 0.644. The highest BCUT2D eigenvalue weighted by molar-refractivity contribution is 14.0. The molecule has 0 radical (unpaired) electrons. The monoisotopic (exact) mass is 261 g/mol. The molecule has 60 valence electrons. The minimum absolute atomic E-state index is 0. The van der Waals surface area contributed by atoms with Crippen molar-refractivity contribution in [3.63, 3.8) is 0 Å². The first-order chi connectivity index (χ1) is 4.97. The second-order valence-corrected chi connectivity index (χ2v) is 2.70. The highest BCUT2D eigenvalue weighted by Crippen LogP contribution is 2.11. The van der Waals surface area contributed by atoms with Crippen molar-refractivity contribution in [1.29, 1.82) is 0 Å². The van der Waals surface area contributed by atoms with Crippen LogP contribution in [0.5, 0.6) is 0 Å². The lowest BCUT2D eigenvalue weighted by Crippen LogP contribution is -2.23. The second-order valence-electron chi connectivity index (χ2n) is 2.70. The molecular formula is C9H12IN. The van der Waals surface area contributed by atoms with E-state index in [1.807, 2.05) is 0 Å². The standard InChI is InChI=1S/C9H11N.HI/c1-2-4-9-7-10-6-5-8(9)3-1;/h1-4,10H,5-7H2;1H. The molecular weight excluding hydrogens is 249 g/mol. The molecule has 1 aromatic carbocycles. The van der Waals surface area contributed by atoms with Gasteiger partial charge in [-0.15, -0.1) is 24.0 Å². The summed E-state index contributed by atoms with van der Waals surface area (Å²) in [6.45, 7) is 2.19. The van der Waals surface area contributed by atoms with Crippen molar-refractivity contribution in [1.82, 2.24) is 5.32 Å². The highest BCUT2D eigenvalue weighted by atomic mass is 127. The highest BCUT2D eigenvalue weighted by Gasteiger charge is 2.05. The van der Waals surface area contributed by atoms with Crippen LogP contribution in [-0.4, -0.2) is 6.54 Å². The molecule has 0 spiro atoms. The second kappa shape index (κ2) is 4.07. The van der Waals surface area contributed by atoms with Crippen LogP contribution in [0.4, 0.5) is 0 Å². The number of hydrogen-bond acceptors (Lipinski definition) is 1. The first kappa shape index (κ1) is 9.00. The number of halogens is 1. The third kappa shape index (κ3) is 1.93. The van der Waals surface area contributed by atoms with Crippen LogP contribution < -0.4 is 5.32 Å². The van der Waals surface area contributed by atoms with Crippen molar-refractivity contribution in [2.24, 2.45) is 0 Å². The molecule has 0 fully saturated rings. The van der Waals surface area contributed by atoms with Crippen molar-refractivity contribution in [2.45, 2.75) is 13.0 Å². The van der Waals surface area contributed by atoms with E-state index in [1.165, 1.54) is 17.5 Å². The molecule has 1 aliphatic rings. The van der Waals surface area contributed by atoms with Gasteiger partial charge < -0.3 is 5.32 Å². The molecule has 1 nitrogen and oxygen atoms in total. The maximum Gasteiger partial charge on any atom is 0.0208 e. The van der Waals surface area contributed by atoms with Gasteiger partial charge in [0.2, 0.25) is 0 Å². The minimum atomic E-state index is 0. The molecule has 2 heteroatoms. The lowest BCUT2D eigenvalue weighted by atomic mass is 10.0. The first-order valence-corrected chi connectivity index (χ1v) is 3.74. The quantitative estimate of drug-likeness (QED) is 0.704. The average molecular weight is 261 g/mol. The van der Waals surface area contributed by atoms with Gasteiger partial charge in [-0.05, 0) is 24.1 Å². The summed E-state index contributed by atoms with van der Waals surface area (Å²) in [5, 5.41) is 3.34. The third-order valence-corrected chi connectivity index (χ3v) is 2.00. The van der Waals surface area contributed by atoms with Gasteiger partial charge >= 0.3 is 0 Å². The molecule has 0 saturated carbocycles. The summed E-state index contributed by atoms with van der Waals surface area (Å²) >= 11 is 0. The van der Waals surface area contributed by atoms with Gasteiger partial charge in [-0.3, -0.25) is 0 Å². The molecule has 0 atom stereocenters. The van der Waals surface area contributed by atoms with Gasteiger partial charge in [0, 0.05) is 6.54 Å². The molecule has 1 aromatic rings. The largest absolute Gasteiger partial charge is 0.312 e. The van der Waals surface area contributed by atoms with E-state index in [9.17, 15) is 0 Å². The van der Waals surface area contributed by atoms with Crippen molar-refractivity contribution in [3.8, 4) is 0 Å². The molecule has 2 rings (SSSR count).